The van der Waals surface area contributed by atoms with Crippen molar-refractivity contribution in [3.8, 4) is 5.69 Å². The van der Waals surface area contributed by atoms with Gasteiger partial charge in [0.25, 0.3) is 5.56 Å². The summed E-state index contributed by atoms with van der Waals surface area (Å²) in [7, 11) is 0. The standard InChI is InChI=1S/C24H20N2OS/c1-17-7-12-19(13-8-17)26-23(16-11-18-9-14-20(28-2)15-10-18)25-22-6-4-3-5-21(22)24(26)27/h3-16H,1-2H3. The number of rotatable bonds is 4. The third-order valence-electron chi connectivity index (χ3n) is 4.63. The van der Waals surface area contributed by atoms with Gasteiger partial charge in [-0.1, -0.05) is 48.0 Å². The number of hydrogen-bond donors (Lipinski definition) is 0. The van der Waals surface area contributed by atoms with Gasteiger partial charge >= 0.3 is 0 Å². The molecule has 0 bridgehead atoms. The predicted molar refractivity (Wildman–Crippen MR) is 119 cm³/mol. The van der Waals surface area contributed by atoms with E-state index in [1.54, 1.807) is 16.3 Å². The maximum absolute atomic E-state index is 13.2. The van der Waals surface area contributed by atoms with E-state index in [0.717, 1.165) is 16.8 Å². The van der Waals surface area contributed by atoms with Gasteiger partial charge in [-0.15, -0.1) is 11.8 Å². The first kappa shape index (κ1) is 18.3. The molecule has 0 saturated heterocycles. The number of fused-ring (bicyclic) bond motifs is 1. The molecule has 0 radical (unpaired) electrons. The maximum atomic E-state index is 13.2. The Hall–Kier alpha value is -3.11. The van der Waals surface area contributed by atoms with Crippen LogP contribution in [-0.2, 0) is 0 Å². The molecule has 0 aliphatic rings. The Morgan fingerprint density at radius 3 is 2.32 bits per heavy atom. The number of hydrogen-bond acceptors (Lipinski definition) is 3. The van der Waals surface area contributed by atoms with Crippen molar-refractivity contribution in [3.05, 3.63) is 100 Å². The highest BCUT2D eigenvalue weighted by atomic mass is 32.2. The van der Waals surface area contributed by atoms with E-state index in [1.165, 1.54) is 4.90 Å². The molecule has 0 saturated carbocycles. The molecule has 0 N–H and O–H groups in total. The van der Waals surface area contributed by atoms with Crippen LogP contribution >= 0.6 is 11.8 Å². The molecule has 3 nitrogen and oxygen atoms in total. The van der Waals surface area contributed by atoms with Gasteiger partial charge in [0.2, 0.25) is 0 Å². The van der Waals surface area contributed by atoms with Gasteiger partial charge in [-0.2, -0.15) is 0 Å². The molecule has 0 amide bonds. The number of para-hydroxylation sites is 1. The molecule has 4 aromatic rings. The molecule has 0 aliphatic carbocycles. The molecule has 0 aliphatic heterocycles. The number of aryl methyl sites for hydroxylation is 1. The molecule has 28 heavy (non-hydrogen) atoms. The lowest BCUT2D eigenvalue weighted by Gasteiger charge is -2.11. The van der Waals surface area contributed by atoms with E-state index in [-0.39, 0.29) is 5.56 Å². The van der Waals surface area contributed by atoms with Gasteiger partial charge < -0.3 is 0 Å². The summed E-state index contributed by atoms with van der Waals surface area (Å²) < 4.78 is 1.68. The monoisotopic (exact) mass is 384 g/mol. The molecule has 1 aromatic heterocycles. The van der Waals surface area contributed by atoms with Gasteiger partial charge in [-0.25, -0.2) is 4.98 Å². The van der Waals surface area contributed by atoms with E-state index in [9.17, 15) is 4.79 Å². The summed E-state index contributed by atoms with van der Waals surface area (Å²) in [6, 6.07) is 23.7. The molecule has 1 heterocycles. The van der Waals surface area contributed by atoms with Crippen LogP contribution in [0.15, 0.2) is 82.5 Å². The number of benzene rings is 3. The third kappa shape index (κ3) is 3.64. The van der Waals surface area contributed by atoms with E-state index in [4.69, 9.17) is 4.98 Å². The first-order valence-corrected chi connectivity index (χ1v) is 10.3. The second-order valence-corrected chi connectivity index (χ2v) is 7.45. The maximum Gasteiger partial charge on any atom is 0.266 e. The Labute approximate surface area is 168 Å². The molecule has 138 valence electrons. The quantitative estimate of drug-likeness (QED) is 0.430. The van der Waals surface area contributed by atoms with Crippen molar-refractivity contribution in [2.75, 3.05) is 6.26 Å². The molecule has 4 rings (SSSR count). The van der Waals surface area contributed by atoms with Crippen molar-refractivity contribution in [3.63, 3.8) is 0 Å². The highest BCUT2D eigenvalue weighted by Gasteiger charge is 2.10. The van der Waals surface area contributed by atoms with Crippen LogP contribution in [0.4, 0.5) is 0 Å². The molecule has 4 heteroatoms. The normalized spacial score (nSPS) is 11.4. The molecule has 0 unspecified atom stereocenters. The fourth-order valence-electron chi connectivity index (χ4n) is 3.09. The van der Waals surface area contributed by atoms with Crippen molar-refractivity contribution in [1.29, 1.82) is 0 Å². The van der Waals surface area contributed by atoms with Crippen LogP contribution < -0.4 is 5.56 Å². The zero-order valence-electron chi connectivity index (χ0n) is 15.8. The summed E-state index contributed by atoms with van der Waals surface area (Å²) in [6.45, 7) is 2.03. The van der Waals surface area contributed by atoms with Crippen LogP contribution in [0.25, 0.3) is 28.7 Å². The second kappa shape index (κ2) is 7.87. The number of thioether (sulfide) groups is 1. The smallest absolute Gasteiger partial charge is 0.266 e. The minimum atomic E-state index is -0.0631. The van der Waals surface area contributed by atoms with Crippen LogP contribution in [0.1, 0.15) is 17.0 Å². The average Bonchev–Trinajstić information content (AvgIpc) is 2.74. The van der Waals surface area contributed by atoms with Crippen LogP contribution in [0.3, 0.4) is 0 Å². The fraction of sp³-hybridized carbons (Fsp3) is 0.0833. The van der Waals surface area contributed by atoms with Crippen LogP contribution in [0.2, 0.25) is 0 Å². The van der Waals surface area contributed by atoms with Crippen molar-refractivity contribution in [2.24, 2.45) is 0 Å². The van der Waals surface area contributed by atoms with Crippen LogP contribution in [-0.4, -0.2) is 15.8 Å². The number of nitrogens with zero attached hydrogens (tertiary/aromatic N) is 2. The van der Waals surface area contributed by atoms with Crippen LogP contribution in [0.5, 0.6) is 0 Å². The van der Waals surface area contributed by atoms with Gasteiger partial charge in [0.15, 0.2) is 0 Å². The Morgan fingerprint density at radius 2 is 1.61 bits per heavy atom. The second-order valence-electron chi connectivity index (χ2n) is 6.57. The fourth-order valence-corrected chi connectivity index (χ4v) is 3.50. The van der Waals surface area contributed by atoms with E-state index in [2.05, 4.69) is 30.5 Å². The molecule has 0 fully saturated rings. The van der Waals surface area contributed by atoms with Crippen molar-refractivity contribution >= 4 is 34.8 Å². The Bertz CT molecular complexity index is 1210. The highest BCUT2D eigenvalue weighted by Crippen LogP contribution is 2.18. The predicted octanol–water partition coefficient (Wildman–Crippen LogP) is 5.59. The van der Waals surface area contributed by atoms with Gasteiger partial charge in [0.1, 0.15) is 5.82 Å². The average molecular weight is 385 g/mol. The Balaban J connectivity index is 1.87. The lowest BCUT2D eigenvalue weighted by molar-refractivity contribution is 0.943. The zero-order chi connectivity index (χ0) is 19.5. The first-order valence-electron chi connectivity index (χ1n) is 9.07. The highest BCUT2D eigenvalue weighted by molar-refractivity contribution is 7.98. The van der Waals surface area contributed by atoms with Gasteiger partial charge in [0, 0.05) is 4.90 Å². The summed E-state index contributed by atoms with van der Waals surface area (Å²) in [6.07, 6.45) is 5.96. The van der Waals surface area contributed by atoms with Crippen LogP contribution in [0, 0.1) is 6.92 Å². The minimum absolute atomic E-state index is 0.0631. The van der Waals surface area contributed by atoms with Gasteiger partial charge in [-0.05, 0) is 61.2 Å². The topological polar surface area (TPSA) is 34.9 Å². The molecule has 0 spiro atoms. The molecular formula is C24H20N2OS. The summed E-state index contributed by atoms with van der Waals surface area (Å²) >= 11 is 1.71. The molecule has 0 atom stereocenters. The largest absolute Gasteiger partial charge is 0.268 e. The molecule has 3 aromatic carbocycles. The minimum Gasteiger partial charge on any atom is -0.268 e. The van der Waals surface area contributed by atoms with E-state index in [1.807, 2.05) is 67.6 Å². The summed E-state index contributed by atoms with van der Waals surface area (Å²) in [5.41, 5.74) is 3.67. The van der Waals surface area contributed by atoms with Crippen molar-refractivity contribution in [1.82, 2.24) is 9.55 Å². The zero-order valence-corrected chi connectivity index (χ0v) is 16.6. The van der Waals surface area contributed by atoms with Gasteiger partial charge in [-0.3, -0.25) is 9.36 Å². The summed E-state index contributed by atoms with van der Waals surface area (Å²) in [5.74, 6) is 0.612. The SMILES string of the molecule is CSc1ccc(C=Cc2nc3ccccc3c(=O)n2-c2ccc(C)cc2)cc1. The lowest BCUT2D eigenvalue weighted by atomic mass is 10.2. The first-order chi connectivity index (χ1) is 13.7. The lowest BCUT2D eigenvalue weighted by Crippen LogP contribution is -2.22. The molecular weight excluding hydrogens is 364 g/mol. The Morgan fingerprint density at radius 1 is 0.893 bits per heavy atom. The van der Waals surface area contributed by atoms with E-state index in [0.29, 0.717) is 16.7 Å². The summed E-state index contributed by atoms with van der Waals surface area (Å²) in [4.78, 5) is 19.2. The van der Waals surface area contributed by atoms with Crippen molar-refractivity contribution < 1.29 is 0 Å². The van der Waals surface area contributed by atoms with Gasteiger partial charge in [0.05, 0.1) is 16.6 Å². The van der Waals surface area contributed by atoms with Crippen molar-refractivity contribution in [2.45, 2.75) is 11.8 Å². The Kier molecular flexibility index (Phi) is 5.13. The van der Waals surface area contributed by atoms with E-state index >= 15 is 0 Å². The summed E-state index contributed by atoms with van der Waals surface area (Å²) in [5, 5.41) is 0.615. The number of aromatic nitrogens is 2. The third-order valence-corrected chi connectivity index (χ3v) is 5.38. The van der Waals surface area contributed by atoms with E-state index < -0.39 is 0 Å².